The van der Waals surface area contributed by atoms with Gasteiger partial charge < -0.3 is 15.2 Å². The Labute approximate surface area is 176 Å². The van der Waals surface area contributed by atoms with Gasteiger partial charge in [0.1, 0.15) is 22.8 Å². The summed E-state index contributed by atoms with van der Waals surface area (Å²) in [5, 5.41) is 6.29. The van der Waals surface area contributed by atoms with Crippen LogP contribution in [0.25, 0.3) is 16.9 Å². The lowest BCUT2D eigenvalue weighted by atomic mass is 10.1. The van der Waals surface area contributed by atoms with E-state index in [9.17, 15) is 18.8 Å². The van der Waals surface area contributed by atoms with Crippen molar-refractivity contribution in [3.05, 3.63) is 66.1 Å². The summed E-state index contributed by atoms with van der Waals surface area (Å²) in [7, 11) is 1.50. The number of nitrogens with one attached hydrogen (secondary N) is 1. The van der Waals surface area contributed by atoms with Crippen molar-refractivity contribution in [2.24, 2.45) is 5.73 Å². The molecule has 3 aromatic rings. The smallest absolute Gasteiger partial charge is 0.342 e. The highest BCUT2D eigenvalue weighted by molar-refractivity contribution is 6.00. The van der Waals surface area contributed by atoms with Gasteiger partial charge in [-0.25, -0.2) is 18.7 Å². The van der Waals surface area contributed by atoms with E-state index in [1.807, 2.05) is 5.32 Å². The number of carbonyl (C=O) groups is 3. The first-order chi connectivity index (χ1) is 14.8. The number of esters is 1. The molecular weight excluding hydrogens is 407 g/mol. The minimum Gasteiger partial charge on any atom is -0.497 e. The zero-order valence-corrected chi connectivity index (χ0v) is 16.7. The van der Waals surface area contributed by atoms with Gasteiger partial charge >= 0.3 is 12.0 Å². The summed E-state index contributed by atoms with van der Waals surface area (Å²) in [4.78, 5) is 35.5. The molecule has 0 aliphatic carbocycles. The number of amides is 3. The maximum absolute atomic E-state index is 13.3. The van der Waals surface area contributed by atoms with Crippen LogP contribution in [0.5, 0.6) is 5.75 Å². The molecule has 1 aromatic heterocycles. The van der Waals surface area contributed by atoms with Crippen LogP contribution >= 0.6 is 0 Å². The van der Waals surface area contributed by atoms with Gasteiger partial charge in [-0.3, -0.25) is 10.1 Å². The molecule has 1 atom stereocenters. The number of hydrogen-bond donors (Lipinski definition) is 2. The van der Waals surface area contributed by atoms with Gasteiger partial charge in [0.15, 0.2) is 6.10 Å². The zero-order valence-electron chi connectivity index (χ0n) is 16.7. The van der Waals surface area contributed by atoms with Crippen LogP contribution in [0.15, 0.2) is 54.7 Å². The van der Waals surface area contributed by atoms with Crippen LogP contribution in [0.4, 0.5) is 9.18 Å². The van der Waals surface area contributed by atoms with Crippen molar-refractivity contribution in [1.29, 1.82) is 0 Å². The van der Waals surface area contributed by atoms with Crippen molar-refractivity contribution in [3.8, 4) is 22.7 Å². The van der Waals surface area contributed by atoms with Crippen molar-refractivity contribution in [2.75, 3.05) is 7.11 Å². The van der Waals surface area contributed by atoms with Crippen LogP contribution in [0.1, 0.15) is 17.3 Å². The van der Waals surface area contributed by atoms with E-state index in [2.05, 4.69) is 5.10 Å². The second-order valence-electron chi connectivity index (χ2n) is 6.45. The van der Waals surface area contributed by atoms with Gasteiger partial charge in [-0.2, -0.15) is 5.10 Å². The predicted octanol–water partition coefficient (Wildman–Crippen LogP) is 2.43. The number of carbonyl (C=O) groups excluding carboxylic acids is 3. The molecule has 0 saturated heterocycles. The summed E-state index contributed by atoms with van der Waals surface area (Å²) in [6.07, 6.45) is 0.121. The molecule has 31 heavy (non-hydrogen) atoms. The molecule has 0 bridgehead atoms. The number of ether oxygens (including phenoxy) is 2. The second kappa shape index (κ2) is 9.08. The van der Waals surface area contributed by atoms with Crippen molar-refractivity contribution in [3.63, 3.8) is 0 Å². The normalized spacial score (nSPS) is 11.5. The molecule has 0 saturated carbocycles. The summed E-state index contributed by atoms with van der Waals surface area (Å²) in [5.74, 6) is -1.59. The molecule has 3 amide bonds. The van der Waals surface area contributed by atoms with Gasteiger partial charge in [-0.1, -0.05) is 12.1 Å². The lowest BCUT2D eigenvalue weighted by Crippen LogP contribution is -2.42. The monoisotopic (exact) mass is 426 g/mol. The first kappa shape index (κ1) is 21.5. The molecule has 0 radical (unpaired) electrons. The Morgan fingerprint density at radius 2 is 1.87 bits per heavy atom. The summed E-state index contributed by atoms with van der Waals surface area (Å²) in [5.41, 5.74) is 6.29. The van der Waals surface area contributed by atoms with E-state index in [0.29, 0.717) is 17.0 Å². The molecule has 0 aliphatic rings. The molecule has 1 heterocycles. The first-order valence-electron chi connectivity index (χ1n) is 9.10. The van der Waals surface area contributed by atoms with Crippen LogP contribution < -0.4 is 15.8 Å². The molecule has 0 spiro atoms. The lowest BCUT2D eigenvalue weighted by Gasteiger charge is -2.12. The number of benzene rings is 2. The van der Waals surface area contributed by atoms with Crippen LogP contribution in [-0.2, 0) is 9.53 Å². The predicted molar refractivity (Wildman–Crippen MR) is 108 cm³/mol. The third-order valence-corrected chi connectivity index (χ3v) is 4.27. The number of methoxy groups -OCH3 is 1. The number of nitrogens with zero attached hydrogens (tertiary/aromatic N) is 2. The summed E-state index contributed by atoms with van der Waals surface area (Å²) in [6.45, 7) is 1.30. The van der Waals surface area contributed by atoms with Crippen LogP contribution in [0.3, 0.4) is 0 Å². The first-order valence-corrected chi connectivity index (χ1v) is 9.10. The van der Waals surface area contributed by atoms with E-state index in [1.165, 1.54) is 49.2 Å². The third kappa shape index (κ3) is 5.04. The van der Waals surface area contributed by atoms with E-state index in [-0.39, 0.29) is 11.3 Å². The van der Waals surface area contributed by atoms with Gasteiger partial charge in [0.25, 0.3) is 5.91 Å². The van der Waals surface area contributed by atoms with Crippen molar-refractivity contribution >= 4 is 17.9 Å². The Morgan fingerprint density at radius 1 is 1.16 bits per heavy atom. The maximum atomic E-state index is 13.3. The number of aromatic nitrogens is 2. The molecule has 0 fully saturated rings. The average molecular weight is 426 g/mol. The highest BCUT2D eigenvalue weighted by atomic mass is 19.1. The Balaban J connectivity index is 2.00. The number of primary amides is 1. The second-order valence-corrected chi connectivity index (χ2v) is 6.45. The number of urea groups is 1. The molecule has 3 rings (SSSR count). The summed E-state index contributed by atoms with van der Waals surface area (Å²) < 4.78 is 25.1. The van der Waals surface area contributed by atoms with Crippen molar-refractivity contribution in [2.45, 2.75) is 13.0 Å². The Morgan fingerprint density at radius 3 is 2.52 bits per heavy atom. The fourth-order valence-electron chi connectivity index (χ4n) is 2.73. The minimum atomic E-state index is -1.28. The van der Waals surface area contributed by atoms with Gasteiger partial charge in [0, 0.05) is 11.8 Å². The molecule has 10 heteroatoms. The summed E-state index contributed by atoms with van der Waals surface area (Å²) >= 11 is 0. The fraction of sp³-hybridized carbons (Fsp3) is 0.143. The van der Waals surface area contributed by atoms with Gasteiger partial charge in [0.05, 0.1) is 12.8 Å². The van der Waals surface area contributed by atoms with Gasteiger partial charge in [-0.05, 0) is 43.3 Å². The molecular formula is C21H19FN4O5. The van der Waals surface area contributed by atoms with E-state index in [0.717, 1.165) is 0 Å². The number of nitrogens with two attached hydrogens (primary N) is 1. The number of hydrogen-bond acceptors (Lipinski definition) is 6. The van der Waals surface area contributed by atoms with Crippen LogP contribution in [0.2, 0.25) is 0 Å². The van der Waals surface area contributed by atoms with Gasteiger partial charge in [-0.15, -0.1) is 0 Å². The Bertz CT molecular complexity index is 1130. The number of imide groups is 1. The lowest BCUT2D eigenvalue weighted by molar-refractivity contribution is -0.127. The summed E-state index contributed by atoms with van der Waals surface area (Å²) in [6, 6.07) is 11.3. The number of halogens is 1. The molecule has 0 aliphatic heterocycles. The standard InChI is InChI=1S/C21H19FN4O5/c1-12(19(27)24-21(23)29)31-20(28)17-11-26(15-8-6-14(22)7-9-15)25-18(17)13-4-3-5-16(10-13)30-2/h3-12H,1-2H3,(H3,23,24,27,29). The van der Waals surface area contributed by atoms with Crippen molar-refractivity contribution in [1.82, 2.24) is 15.1 Å². The van der Waals surface area contributed by atoms with Crippen molar-refractivity contribution < 1.29 is 28.2 Å². The maximum Gasteiger partial charge on any atom is 0.342 e. The van der Waals surface area contributed by atoms with Crippen LogP contribution in [0, 0.1) is 5.82 Å². The highest BCUT2D eigenvalue weighted by Crippen LogP contribution is 2.27. The average Bonchev–Trinajstić information content (AvgIpc) is 3.19. The van der Waals surface area contributed by atoms with E-state index in [4.69, 9.17) is 15.2 Å². The van der Waals surface area contributed by atoms with Gasteiger partial charge in [0.2, 0.25) is 0 Å². The van der Waals surface area contributed by atoms with Crippen LogP contribution in [-0.4, -0.2) is 40.9 Å². The topological polar surface area (TPSA) is 126 Å². The third-order valence-electron chi connectivity index (χ3n) is 4.27. The molecule has 2 aromatic carbocycles. The molecule has 9 nitrogen and oxygen atoms in total. The molecule has 3 N–H and O–H groups in total. The highest BCUT2D eigenvalue weighted by Gasteiger charge is 2.25. The van der Waals surface area contributed by atoms with E-state index < -0.39 is 29.8 Å². The molecule has 1 unspecified atom stereocenters. The fourth-order valence-corrected chi connectivity index (χ4v) is 2.73. The SMILES string of the molecule is COc1cccc(-c2nn(-c3ccc(F)cc3)cc2C(=O)OC(C)C(=O)NC(N)=O)c1. The Kier molecular flexibility index (Phi) is 6.29. The van der Waals surface area contributed by atoms with E-state index in [1.54, 1.807) is 24.3 Å². The zero-order chi connectivity index (χ0) is 22.5. The quantitative estimate of drug-likeness (QED) is 0.583. The van der Waals surface area contributed by atoms with E-state index >= 15 is 0 Å². The largest absolute Gasteiger partial charge is 0.497 e. The number of rotatable bonds is 6. The Hall–Kier alpha value is -4.21. The minimum absolute atomic E-state index is 0.0521. The molecule has 160 valence electrons.